The summed E-state index contributed by atoms with van der Waals surface area (Å²) < 4.78 is 29.9. The summed E-state index contributed by atoms with van der Waals surface area (Å²) >= 11 is 0. The van der Waals surface area contributed by atoms with Crippen LogP contribution in [0.3, 0.4) is 0 Å². The van der Waals surface area contributed by atoms with Crippen LogP contribution in [-0.4, -0.2) is 289 Å². The lowest BCUT2D eigenvalue weighted by molar-refractivity contribution is -0.920. The summed E-state index contributed by atoms with van der Waals surface area (Å²) in [4.78, 5) is 56.3. The number of aromatic hydroxyl groups is 1. The van der Waals surface area contributed by atoms with E-state index in [0.717, 1.165) is 59.7 Å². The second-order valence-corrected chi connectivity index (χ2v) is 34.1. The van der Waals surface area contributed by atoms with Crippen molar-refractivity contribution in [2.75, 3.05) is 125 Å². The number of carbonyl (C=O) groups excluding carboxylic acids is 5. The fraction of sp³-hybridized carbons (Fsp3) is 0.541. The van der Waals surface area contributed by atoms with Gasteiger partial charge in [-0.1, -0.05) is 54.6 Å². The highest BCUT2D eigenvalue weighted by molar-refractivity contribution is 6.00. The number of carbonyl (C=O) groups is 5. The molecule has 0 saturated carbocycles. The zero-order valence-electron chi connectivity index (χ0n) is 70.9. The Kier molecular flexibility index (Phi) is 33.6. The monoisotopic (exact) mass is 1560 g/mol. The molecule has 3 aliphatic heterocycles. The lowest BCUT2D eigenvalue weighted by Gasteiger charge is -2.59. The molecule has 5 aromatic rings. The van der Waals surface area contributed by atoms with Crippen LogP contribution in [0.1, 0.15) is 114 Å². The molecule has 0 aromatic heterocycles. The van der Waals surface area contributed by atoms with Crippen LogP contribution in [0.4, 0.5) is 17.1 Å². The third kappa shape index (κ3) is 25.6. The van der Waals surface area contributed by atoms with Gasteiger partial charge in [0.1, 0.15) is 106 Å². The largest absolute Gasteiger partial charge is 0.508 e. The van der Waals surface area contributed by atoms with Crippen molar-refractivity contribution >= 4 is 46.5 Å². The van der Waals surface area contributed by atoms with Gasteiger partial charge in [-0.15, -0.1) is 0 Å². The lowest BCUT2D eigenvalue weighted by atomic mass is 9.70. The van der Waals surface area contributed by atoms with Gasteiger partial charge in [-0.2, -0.15) is 0 Å². The van der Waals surface area contributed by atoms with Gasteiger partial charge in [0, 0.05) is 42.0 Å². The van der Waals surface area contributed by atoms with E-state index in [1.807, 2.05) is 133 Å². The number of aliphatic hydroxyl groups is 9. The van der Waals surface area contributed by atoms with Gasteiger partial charge in [-0.05, 0) is 141 Å². The van der Waals surface area contributed by atoms with Crippen LogP contribution in [-0.2, 0) is 50.3 Å². The minimum Gasteiger partial charge on any atom is -0.508 e. The van der Waals surface area contributed by atoms with E-state index in [2.05, 4.69) is 75.6 Å². The van der Waals surface area contributed by atoms with Crippen LogP contribution in [0.2, 0.25) is 0 Å². The molecule has 2 fully saturated rings. The molecule has 3 heterocycles. The molecule has 111 heavy (non-hydrogen) atoms. The van der Waals surface area contributed by atoms with E-state index < -0.39 is 72.0 Å². The normalized spacial score (nSPS) is 26.6. The van der Waals surface area contributed by atoms with Gasteiger partial charge in [0.15, 0.2) is 17.6 Å². The number of phenolic OH excluding ortho intramolecular Hbond substituents is 1. The lowest BCUT2D eigenvalue weighted by Crippen LogP contribution is -2.81. The van der Waals surface area contributed by atoms with Crippen molar-refractivity contribution in [2.45, 2.75) is 180 Å². The molecule has 5 aromatic carbocycles. The number of rotatable bonds is 11. The standard InChI is InChI=1S/C19H24NO.C14H22NO2.C12H26NO5.C12H18NO2.C10H14NO2.C10H13NO2.C8H16O6/c1-19(17-10-5-4-6-11-17)18-12-8-7-9-16(18)15-20(2,3)13-14-21-19;1-11(16)15(5,6)12-7-9-13(10-8-12)17-14(2,3)4;1-10(15)8(7-14)18-12(3,17)9(11(10,2)16)13(4,5)6;1-5-15-12-8-6-11(7-9-12)13(3,4)10(2)14;2*1-8(12)11(2,3)9-4-6-10(13)7-5-9;1-7(12)4(3-9)14-8(2,13)6(11)5(7)10/h4-12H,13-15H2,1-3H3;7-10H,1-6H3;8-9,14-17H,7H2,1-6H3;6-9H,5H2,1-4H3;4-7,9H,1-3H3;4-7H,1-3H3;4-6,9-13H,3H2,1-2H3/q5*+1;;/p+1. The maximum atomic E-state index is 11.5. The minimum atomic E-state index is -1.98. The van der Waals surface area contributed by atoms with Gasteiger partial charge in [-0.25, -0.2) is 32.6 Å². The second kappa shape index (κ2) is 38.2. The maximum Gasteiger partial charge on any atom is 0.315 e. The van der Waals surface area contributed by atoms with E-state index in [1.54, 1.807) is 85.3 Å². The highest BCUT2D eigenvalue weighted by atomic mass is 16.7. The number of allylic oxidation sites excluding steroid dienone is 2. The van der Waals surface area contributed by atoms with E-state index in [9.17, 15) is 64.8 Å². The van der Waals surface area contributed by atoms with Crippen LogP contribution in [0.15, 0.2) is 152 Å². The molecule has 0 spiro atoms. The van der Waals surface area contributed by atoms with Crippen molar-refractivity contribution in [1.82, 2.24) is 13.4 Å². The Balaban J connectivity index is 0.000000338. The number of ketones is 1. The fourth-order valence-electron chi connectivity index (χ4n) is 12.9. The van der Waals surface area contributed by atoms with Crippen LogP contribution < -0.4 is 22.9 Å². The number of quaternary nitrogens is 6. The molecule has 26 heteroatoms. The molecule has 4 aliphatic rings. The third-order valence-corrected chi connectivity index (χ3v) is 21.2. The number of phenols is 1. The summed E-state index contributed by atoms with van der Waals surface area (Å²) in [5, 5.41) is 96.9. The van der Waals surface area contributed by atoms with E-state index in [0.29, 0.717) is 6.61 Å². The number of hydrogen-bond acceptors (Lipinski definition) is 20. The highest BCUT2D eigenvalue weighted by Gasteiger charge is 2.68. The van der Waals surface area contributed by atoms with Crippen LogP contribution in [0.5, 0.6) is 17.2 Å². The fourth-order valence-corrected chi connectivity index (χ4v) is 12.9. The quantitative estimate of drug-likeness (QED) is 0.0588. The predicted octanol–water partition coefficient (Wildman–Crippen LogP) is 7.13. The Morgan fingerprint density at radius 3 is 1.37 bits per heavy atom. The van der Waals surface area contributed by atoms with Crippen molar-refractivity contribution in [1.29, 1.82) is 0 Å². The Labute approximate surface area is 659 Å². The highest BCUT2D eigenvalue weighted by Crippen LogP contribution is 2.45. The summed E-state index contributed by atoms with van der Waals surface area (Å²) in [6.45, 7) is 25.6. The first-order chi connectivity index (χ1) is 50.5. The molecule has 0 radical (unpaired) electrons. The Bertz CT molecular complexity index is 3890. The molecule has 1 aliphatic carbocycles. The topological polar surface area (TPSA) is 334 Å². The Hall–Kier alpha value is -7.39. The van der Waals surface area contributed by atoms with E-state index >= 15 is 0 Å². The molecule has 26 nitrogen and oxygen atoms in total. The third-order valence-electron chi connectivity index (χ3n) is 21.2. The number of ether oxygens (including phenoxy) is 5. The first-order valence-electron chi connectivity index (χ1n) is 37.1. The predicted molar refractivity (Wildman–Crippen MR) is 432 cm³/mol. The number of aliphatic hydroxyl groups excluding tert-OH is 4. The first-order valence-corrected chi connectivity index (χ1v) is 37.1. The van der Waals surface area contributed by atoms with Crippen LogP contribution >= 0.6 is 0 Å². The van der Waals surface area contributed by atoms with Crippen LogP contribution in [0.25, 0.3) is 0 Å². The summed E-state index contributed by atoms with van der Waals surface area (Å²) in [7, 11) is 24.7. The van der Waals surface area contributed by atoms with Gasteiger partial charge in [0.25, 0.3) is 0 Å². The number of likely N-dealkylation sites (N-methyl/N-ethyl adjacent to an activating group) is 3. The minimum absolute atomic E-state index is 0.0141. The van der Waals surface area contributed by atoms with Crippen LogP contribution in [0, 0.1) is 0 Å². The second-order valence-electron chi connectivity index (χ2n) is 34.1. The molecular formula is C85H134N6O20+6. The van der Waals surface area contributed by atoms with Gasteiger partial charge >= 0.3 is 23.6 Å². The Morgan fingerprint density at radius 2 is 0.964 bits per heavy atom. The Morgan fingerprint density at radius 1 is 0.550 bits per heavy atom. The van der Waals surface area contributed by atoms with Gasteiger partial charge in [-0.3, -0.25) is 9.28 Å². The molecule has 11 unspecified atom stereocenters. The van der Waals surface area contributed by atoms with Crippen molar-refractivity contribution < 1.29 is 112 Å². The first kappa shape index (κ1) is 97.8. The molecule has 2 saturated heterocycles. The summed E-state index contributed by atoms with van der Waals surface area (Å²) in [6.07, 6.45) is 1.15. The zero-order valence-corrected chi connectivity index (χ0v) is 70.9. The molecule has 4 amide bonds. The number of nitrogens with zero attached hydrogens (tertiary/aromatic N) is 6. The molecule has 9 rings (SSSR count). The van der Waals surface area contributed by atoms with Crippen molar-refractivity contribution in [3.63, 3.8) is 0 Å². The molecular weight excluding hydrogens is 1420 g/mol. The van der Waals surface area contributed by atoms with Crippen molar-refractivity contribution in [2.24, 2.45) is 0 Å². The van der Waals surface area contributed by atoms with E-state index in [-0.39, 0.29) is 74.8 Å². The average Bonchev–Trinajstić information content (AvgIpc) is 0.710. The molecule has 618 valence electrons. The number of fused-ring (bicyclic) bond motifs is 1. The number of benzene rings is 5. The zero-order chi connectivity index (χ0) is 85.5. The number of amides is 4. The van der Waals surface area contributed by atoms with Gasteiger partial charge in [0.05, 0.1) is 146 Å². The summed E-state index contributed by atoms with van der Waals surface area (Å²) in [5.74, 6) is -1.42. The van der Waals surface area contributed by atoms with Crippen molar-refractivity contribution in [3.05, 3.63) is 168 Å². The van der Waals surface area contributed by atoms with E-state index in [4.69, 9.17) is 33.9 Å². The van der Waals surface area contributed by atoms with Crippen molar-refractivity contribution in [3.8, 4) is 17.2 Å². The average molecular weight is 1560 g/mol. The molecule has 11 atom stereocenters. The smallest absolute Gasteiger partial charge is 0.315 e. The SMILES string of the molecule is CC(=O)[N+](C)(C)C1C=CC(=O)C=C1.CC(=O)[N+](C)(C)c1ccc(O)cc1.CC(=O)[N+](C)(C)c1ccc(OC(C)(C)C)cc1.CC1(O)OC(CO)C(C)(O)C(C)(O)C1[N+](C)(C)C.CC1(O)OC(CO)C(C)(O)C(O)C1O.CC1(c2ccccc2)OCC[N+](C)(C)Cc2ccccc21.CCOc1ccc([N+](C)(C)C(C)=O)cc1. The summed E-state index contributed by atoms with van der Waals surface area (Å²) in [5.41, 5.74) is 1.04. The van der Waals surface area contributed by atoms with Gasteiger partial charge < -0.3 is 83.7 Å². The maximum absolute atomic E-state index is 11.5. The molecule has 10 N–H and O–H groups in total. The van der Waals surface area contributed by atoms with Gasteiger partial charge in [0.2, 0.25) is 5.79 Å². The molecule has 0 bridgehead atoms. The number of hydrogen-bond donors (Lipinski definition) is 10. The summed E-state index contributed by atoms with van der Waals surface area (Å²) in [6, 6.07) is 40.4. The van der Waals surface area contributed by atoms with E-state index in [1.165, 1.54) is 56.5 Å².